The lowest BCUT2D eigenvalue weighted by Gasteiger charge is -2.13. The summed E-state index contributed by atoms with van der Waals surface area (Å²) >= 11 is 0. The molecule has 2 aromatic heterocycles. The van der Waals surface area contributed by atoms with Crippen molar-refractivity contribution < 1.29 is 0 Å². The van der Waals surface area contributed by atoms with Crippen molar-refractivity contribution in [2.45, 2.75) is 32.9 Å². The van der Waals surface area contributed by atoms with Crippen molar-refractivity contribution in [2.75, 3.05) is 0 Å². The summed E-state index contributed by atoms with van der Waals surface area (Å²) in [4.78, 5) is 18.3. The molecule has 0 amide bonds. The third-order valence-electron chi connectivity index (χ3n) is 5.59. The molecule has 2 heterocycles. The van der Waals surface area contributed by atoms with Gasteiger partial charge in [0.25, 0.3) is 5.56 Å². The molecule has 0 unspecified atom stereocenters. The van der Waals surface area contributed by atoms with Crippen LogP contribution in [0.3, 0.4) is 0 Å². The van der Waals surface area contributed by atoms with Crippen molar-refractivity contribution in [2.24, 2.45) is 11.5 Å². The van der Waals surface area contributed by atoms with Gasteiger partial charge >= 0.3 is 0 Å². The number of aromatic nitrogens is 3. The summed E-state index contributed by atoms with van der Waals surface area (Å²) < 4.78 is 3.61. The Morgan fingerprint density at radius 1 is 0.939 bits per heavy atom. The Morgan fingerprint density at radius 2 is 1.52 bits per heavy atom. The molecule has 4 rings (SSSR count). The maximum absolute atomic E-state index is 13.6. The summed E-state index contributed by atoms with van der Waals surface area (Å²) in [6.45, 7) is 4.91. The van der Waals surface area contributed by atoms with Crippen molar-refractivity contribution in [3.05, 3.63) is 99.2 Å². The van der Waals surface area contributed by atoms with Crippen LogP contribution in [0.4, 0.5) is 0 Å². The molecule has 0 aliphatic carbocycles. The first kappa shape index (κ1) is 22.0. The normalized spacial score (nSPS) is 11.2. The average molecular weight is 442 g/mol. The SMILES string of the molecule is CC(C)c1nc2ccn(Cc3cccc(C(=N)N)c3)c(=O)c2n1Cc1cccc(C(=N)N)c1. The minimum absolute atomic E-state index is 0.00608. The summed E-state index contributed by atoms with van der Waals surface area (Å²) in [5.41, 5.74) is 15.4. The van der Waals surface area contributed by atoms with Crippen LogP contribution in [0.2, 0.25) is 0 Å². The van der Waals surface area contributed by atoms with E-state index in [9.17, 15) is 4.79 Å². The lowest BCUT2D eigenvalue weighted by atomic mass is 10.1. The Bertz CT molecular complexity index is 1430. The van der Waals surface area contributed by atoms with Gasteiger partial charge in [-0.3, -0.25) is 15.6 Å². The second kappa shape index (κ2) is 8.74. The van der Waals surface area contributed by atoms with E-state index in [4.69, 9.17) is 27.3 Å². The molecule has 0 saturated carbocycles. The van der Waals surface area contributed by atoms with Gasteiger partial charge in [0.1, 0.15) is 23.0 Å². The number of benzene rings is 2. The molecule has 4 aromatic rings. The predicted octanol–water partition coefficient (Wildman–Crippen LogP) is 2.99. The van der Waals surface area contributed by atoms with Crippen LogP contribution >= 0.6 is 0 Å². The quantitative estimate of drug-likeness (QED) is 0.258. The summed E-state index contributed by atoms with van der Waals surface area (Å²) in [5.74, 6) is 0.943. The van der Waals surface area contributed by atoms with Crippen molar-refractivity contribution in [3.63, 3.8) is 0 Å². The zero-order valence-corrected chi connectivity index (χ0v) is 18.7. The number of imidazole rings is 1. The molecular formula is C25H27N7O. The van der Waals surface area contributed by atoms with Crippen molar-refractivity contribution in [1.29, 1.82) is 10.8 Å². The number of nitrogens with one attached hydrogen (secondary N) is 2. The maximum Gasteiger partial charge on any atom is 0.277 e. The Morgan fingerprint density at radius 3 is 2.06 bits per heavy atom. The fourth-order valence-corrected chi connectivity index (χ4v) is 3.97. The van der Waals surface area contributed by atoms with Gasteiger partial charge in [-0.15, -0.1) is 0 Å². The molecular weight excluding hydrogens is 414 g/mol. The molecule has 8 nitrogen and oxygen atoms in total. The number of rotatable bonds is 7. The van der Waals surface area contributed by atoms with Gasteiger partial charge in [0.05, 0.1) is 12.1 Å². The van der Waals surface area contributed by atoms with E-state index >= 15 is 0 Å². The molecule has 168 valence electrons. The standard InChI is InChI=1S/C25H27N7O/c1-15(2)24-30-20-9-10-31(13-16-5-3-7-18(11-16)22(26)27)25(33)21(20)32(24)14-17-6-4-8-19(12-17)23(28)29/h3-12,15H,13-14H2,1-2H3,(H3,26,27)(H3,28,29). The summed E-state index contributed by atoms with van der Waals surface area (Å²) in [6.07, 6.45) is 1.75. The van der Waals surface area contributed by atoms with Crippen LogP contribution in [0.15, 0.2) is 65.6 Å². The Labute approximate surface area is 191 Å². The zero-order chi connectivity index (χ0) is 23.7. The number of nitrogen functional groups attached to an aromatic ring is 2. The summed E-state index contributed by atoms with van der Waals surface area (Å²) in [5, 5.41) is 15.4. The third kappa shape index (κ3) is 4.41. The molecule has 0 radical (unpaired) electrons. The Kier molecular flexibility index (Phi) is 5.83. The smallest absolute Gasteiger partial charge is 0.277 e. The second-order valence-electron chi connectivity index (χ2n) is 8.42. The highest BCUT2D eigenvalue weighted by Gasteiger charge is 2.18. The van der Waals surface area contributed by atoms with E-state index in [1.165, 1.54) is 0 Å². The summed E-state index contributed by atoms with van der Waals surface area (Å²) in [6, 6.07) is 16.7. The van der Waals surface area contributed by atoms with E-state index in [0.29, 0.717) is 35.2 Å². The fourth-order valence-electron chi connectivity index (χ4n) is 3.97. The topological polar surface area (TPSA) is 140 Å². The molecule has 6 N–H and O–H groups in total. The van der Waals surface area contributed by atoms with Crippen LogP contribution in [0, 0.1) is 10.8 Å². The van der Waals surface area contributed by atoms with Gasteiger partial charge in [-0.2, -0.15) is 0 Å². The molecule has 0 bridgehead atoms. The Hall–Kier alpha value is -4.20. The fraction of sp³-hybridized carbons (Fsp3) is 0.200. The average Bonchev–Trinajstić information content (AvgIpc) is 3.15. The van der Waals surface area contributed by atoms with E-state index in [1.807, 2.05) is 47.0 Å². The van der Waals surface area contributed by atoms with E-state index < -0.39 is 0 Å². The molecule has 0 fully saturated rings. The molecule has 8 heteroatoms. The van der Waals surface area contributed by atoms with Crippen LogP contribution in [0.5, 0.6) is 0 Å². The first-order valence-corrected chi connectivity index (χ1v) is 10.7. The van der Waals surface area contributed by atoms with Crippen LogP contribution in [0.1, 0.15) is 47.8 Å². The van der Waals surface area contributed by atoms with Gasteiger partial charge in [-0.05, 0) is 29.3 Å². The lowest BCUT2D eigenvalue weighted by Crippen LogP contribution is -2.23. The van der Waals surface area contributed by atoms with Gasteiger partial charge in [0, 0.05) is 29.8 Å². The molecule has 2 aromatic carbocycles. The number of hydrogen-bond donors (Lipinski definition) is 4. The van der Waals surface area contributed by atoms with Crippen molar-refractivity contribution in [1.82, 2.24) is 14.1 Å². The molecule has 0 spiro atoms. The molecule has 33 heavy (non-hydrogen) atoms. The number of nitrogens with two attached hydrogens (primary N) is 2. The third-order valence-corrected chi connectivity index (χ3v) is 5.59. The van der Waals surface area contributed by atoms with E-state index in [1.54, 1.807) is 22.9 Å². The highest BCUT2D eigenvalue weighted by molar-refractivity contribution is 5.95. The minimum atomic E-state index is -0.136. The molecule has 0 aliphatic rings. The van der Waals surface area contributed by atoms with Crippen LogP contribution in [0.25, 0.3) is 11.0 Å². The zero-order valence-electron chi connectivity index (χ0n) is 18.7. The van der Waals surface area contributed by atoms with E-state index in [-0.39, 0.29) is 23.1 Å². The van der Waals surface area contributed by atoms with E-state index in [0.717, 1.165) is 17.0 Å². The molecule has 0 aliphatic heterocycles. The van der Waals surface area contributed by atoms with Gasteiger partial charge in [-0.1, -0.05) is 50.2 Å². The maximum atomic E-state index is 13.6. The van der Waals surface area contributed by atoms with Crippen molar-refractivity contribution >= 4 is 22.7 Å². The molecule has 0 saturated heterocycles. The number of amidine groups is 2. The predicted molar refractivity (Wildman–Crippen MR) is 131 cm³/mol. The highest BCUT2D eigenvalue weighted by Crippen LogP contribution is 2.22. The van der Waals surface area contributed by atoms with Crippen molar-refractivity contribution in [3.8, 4) is 0 Å². The van der Waals surface area contributed by atoms with Crippen LogP contribution in [-0.2, 0) is 13.1 Å². The van der Waals surface area contributed by atoms with Crippen LogP contribution < -0.4 is 17.0 Å². The summed E-state index contributed by atoms with van der Waals surface area (Å²) in [7, 11) is 0. The van der Waals surface area contributed by atoms with Gasteiger partial charge in [-0.25, -0.2) is 4.98 Å². The number of hydrogen-bond acceptors (Lipinski definition) is 4. The van der Waals surface area contributed by atoms with Gasteiger partial charge in [0.15, 0.2) is 0 Å². The Balaban J connectivity index is 1.81. The number of pyridine rings is 1. The monoisotopic (exact) mass is 441 g/mol. The second-order valence-corrected chi connectivity index (χ2v) is 8.42. The molecule has 0 atom stereocenters. The van der Waals surface area contributed by atoms with Gasteiger partial charge < -0.3 is 20.6 Å². The first-order valence-electron chi connectivity index (χ1n) is 10.7. The largest absolute Gasteiger partial charge is 0.384 e. The first-order chi connectivity index (χ1) is 15.7. The minimum Gasteiger partial charge on any atom is -0.384 e. The lowest BCUT2D eigenvalue weighted by molar-refractivity contribution is 0.677. The van der Waals surface area contributed by atoms with Crippen LogP contribution in [-0.4, -0.2) is 25.8 Å². The van der Waals surface area contributed by atoms with Gasteiger partial charge in [0.2, 0.25) is 0 Å². The van der Waals surface area contributed by atoms with E-state index in [2.05, 4.69) is 13.8 Å². The highest BCUT2D eigenvalue weighted by atomic mass is 16.1. The number of fused-ring (bicyclic) bond motifs is 1. The number of nitrogens with zero attached hydrogens (tertiary/aromatic N) is 3.